The van der Waals surface area contributed by atoms with Crippen LogP contribution < -0.4 is 10.1 Å². The lowest BCUT2D eigenvalue weighted by molar-refractivity contribution is 0.0903. The van der Waals surface area contributed by atoms with Crippen molar-refractivity contribution in [3.05, 3.63) is 60.2 Å². The van der Waals surface area contributed by atoms with Gasteiger partial charge in [-0.2, -0.15) is 0 Å². The van der Waals surface area contributed by atoms with Gasteiger partial charge in [0.1, 0.15) is 11.5 Å². The van der Waals surface area contributed by atoms with E-state index in [0.717, 1.165) is 5.75 Å². The minimum atomic E-state index is -0.554. The molecule has 1 amide bonds. The molecular weight excluding hydrogens is 306 g/mol. The van der Waals surface area contributed by atoms with Crippen LogP contribution in [0.5, 0.6) is 11.5 Å². The molecule has 2 aromatic rings. The molecule has 126 valence electrons. The van der Waals surface area contributed by atoms with Gasteiger partial charge < -0.3 is 20.3 Å². The van der Waals surface area contributed by atoms with E-state index in [1.807, 2.05) is 30.3 Å². The quantitative estimate of drug-likeness (QED) is 0.787. The van der Waals surface area contributed by atoms with Crippen molar-refractivity contribution in [3.8, 4) is 11.5 Å². The van der Waals surface area contributed by atoms with Crippen molar-refractivity contribution in [3.63, 3.8) is 0 Å². The number of para-hydroxylation sites is 1. The van der Waals surface area contributed by atoms with E-state index in [-0.39, 0.29) is 24.5 Å². The summed E-state index contributed by atoms with van der Waals surface area (Å²) in [5.74, 6) is 1.06. The molecule has 5 heteroatoms. The zero-order chi connectivity index (χ0) is 16.9. The number of carbonyl (C=O) groups excluding carboxylic acids is 1. The second kappa shape index (κ2) is 7.47. The molecule has 0 aliphatic heterocycles. The molecule has 3 rings (SSSR count). The number of nitrogens with one attached hydrogen (secondary N) is 1. The third kappa shape index (κ3) is 3.93. The smallest absolute Gasteiger partial charge is 0.251 e. The summed E-state index contributed by atoms with van der Waals surface area (Å²) in [5.41, 5.74) is 0.539. The minimum absolute atomic E-state index is 0.0565. The van der Waals surface area contributed by atoms with Gasteiger partial charge in [-0.1, -0.05) is 18.2 Å². The maximum Gasteiger partial charge on any atom is 0.251 e. The second-order valence-corrected chi connectivity index (χ2v) is 6.09. The fourth-order valence-corrected chi connectivity index (χ4v) is 2.98. The highest BCUT2D eigenvalue weighted by molar-refractivity contribution is 5.94. The summed E-state index contributed by atoms with van der Waals surface area (Å²) in [4.78, 5) is 12.3. The van der Waals surface area contributed by atoms with Crippen molar-refractivity contribution in [1.82, 2.24) is 5.32 Å². The Morgan fingerprint density at radius 1 is 1.04 bits per heavy atom. The number of rotatable bonds is 5. The Kier molecular flexibility index (Phi) is 5.13. The molecular formula is C19H21NO4. The van der Waals surface area contributed by atoms with Crippen LogP contribution in [0.25, 0.3) is 0 Å². The van der Waals surface area contributed by atoms with E-state index in [4.69, 9.17) is 4.74 Å². The Bertz CT molecular complexity index is 672. The monoisotopic (exact) mass is 327 g/mol. The lowest BCUT2D eigenvalue weighted by Crippen LogP contribution is -2.33. The Labute approximate surface area is 140 Å². The van der Waals surface area contributed by atoms with Gasteiger partial charge >= 0.3 is 0 Å². The molecule has 0 aromatic heterocycles. The van der Waals surface area contributed by atoms with Gasteiger partial charge in [-0.3, -0.25) is 4.79 Å². The number of hydrogen-bond acceptors (Lipinski definition) is 4. The molecule has 1 aliphatic carbocycles. The van der Waals surface area contributed by atoms with E-state index in [1.54, 1.807) is 24.3 Å². The van der Waals surface area contributed by atoms with E-state index < -0.39 is 6.10 Å². The molecule has 0 saturated heterocycles. The predicted molar refractivity (Wildman–Crippen MR) is 90.0 cm³/mol. The lowest BCUT2D eigenvalue weighted by atomic mass is 10.1. The van der Waals surface area contributed by atoms with E-state index in [1.165, 1.54) is 0 Å². The van der Waals surface area contributed by atoms with Crippen LogP contribution in [0, 0.1) is 5.92 Å². The Morgan fingerprint density at radius 3 is 2.33 bits per heavy atom. The third-order valence-electron chi connectivity index (χ3n) is 4.32. The van der Waals surface area contributed by atoms with Crippen LogP contribution >= 0.6 is 0 Å². The zero-order valence-electron chi connectivity index (χ0n) is 13.3. The van der Waals surface area contributed by atoms with E-state index in [9.17, 15) is 15.0 Å². The number of aliphatic hydroxyl groups excluding tert-OH is 2. The Balaban J connectivity index is 1.58. The maximum absolute atomic E-state index is 12.3. The summed E-state index contributed by atoms with van der Waals surface area (Å²) in [6.07, 6.45) is 0.520. The topological polar surface area (TPSA) is 78.8 Å². The molecule has 1 fully saturated rings. The molecule has 1 saturated carbocycles. The van der Waals surface area contributed by atoms with Gasteiger partial charge in [-0.25, -0.2) is 0 Å². The van der Waals surface area contributed by atoms with Gasteiger partial charge in [0, 0.05) is 24.1 Å². The molecule has 24 heavy (non-hydrogen) atoms. The average Bonchev–Trinajstić information content (AvgIpc) is 2.96. The van der Waals surface area contributed by atoms with Crippen LogP contribution in [0.15, 0.2) is 54.6 Å². The van der Waals surface area contributed by atoms with Crippen molar-refractivity contribution in [1.29, 1.82) is 0 Å². The summed E-state index contributed by atoms with van der Waals surface area (Å²) in [7, 11) is 0. The van der Waals surface area contributed by atoms with Crippen LogP contribution in [0.4, 0.5) is 0 Å². The molecule has 0 spiro atoms. The Morgan fingerprint density at radius 2 is 1.71 bits per heavy atom. The van der Waals surface area contributed by atoms with Gasteiger partial charge in [0.25, 0.3) is 5.91 Å². The molecule has 0 heterocycles. The summed E-state index contributed by atoms with van der Waals surface area (Å²) in [6.45, 7) is -0.0565. The minimum Gasteiger partial charge on any atom is -0.457 e. The number of benzene rings is 2. The fraction of sp³-hybridized carbons (Fsp3) is 0.316. The van der Waals surface area contributed by atoms with E-state index in [0.29, 0.717) is 24.2 Å². The first-order valence-electron chi connectivity index (χ1n) is 8.08. The van der Waals surface area contributed by atoms with Gasteiger partial charge in [-0.15, -0.1) is 0 Å². The summed E-state index contributed by atoms with van der Waals surface area (Å²) in [6, 6.07) is 16.3. The van der Waals surface area contributed by atoms with Crippen LogP contribution in [0.1, 0.15) is 23.2 Å². The average molecular weight is 327 g/mol. The summed E-state index contributed by atoms with van der Waals surface area (Å²) >= 11 is 0. The van der Waals surface area contributed by atoms with Crippen LogP contribution in [-0.4, -0.2) is 34.9 Å². The standard InChI is InChI=1S/C19H21NO4/c21-12-14-10-15(11-18(14)22)20-19(23)13-6-8-17(9-7-13)24-16-4-2-1-3-5-16/h1-9,14-15,18,21-22H,10-12H2,(H,20,23). The molecule has 3 N–H and O–H groups in total. The van der Waals surface area contributed by atoms with Gasteiger partial charge in [-0.05, 0) is 49.2 Å². The zero-order valence-corrected chi connectivity index (χ0v) is 13.3. The van der Waals surface area contributed by atoms with Crippen molar-refractivity contribution in [2.45, 2.75) is 25.0 Å². The molecule has 1 aliphatic rings. The lowest BCUT2D eigenvalue weighted by Gasteiger charge is -2.13. The number of ether oxygens (including phenoxy) is 1. The molecule has 2 aromatic carbocycles. The molecule has 0 bridgehead atoms. The third-order valence-corrected chi connectivity index (χ3v) is 4.32. The largest absolute Gasteiger partial charge is 0.457 e. The molecule has 3 unspecified atom stereocenters. The molecule has 0 radical (unpaired) electrons. The molecule has 5 nitrogen and oxygen atoms in total. The van der Waals surface area contributed by atoms with Crippen molar-refractivity contribution in [2.24, 2.45) is 5.92 Å². The normalized spacial score (nSPS) is 23.0. The second-order valence-electron chi connectivity index (χ2n) is 6.09. The highest BCUT2D eigenvalue weighted by atomic mass is 16.5. The summed E-state index contributed by atoms with van der Waals surface area (Å²) in [5, 5.41) is 21.9. The van der Waals surface area contributed by atoms with Gasteiger partial charge in [0.2, 0.25) is 0 Å². The number of amides is 1. The SMILES string of the molecule is O=C(NC1CC(O)C(CO)C1)c1ccc(Oc2ccccc2)cc1. The predicted octanol–water partition coefficient (Wildman–Crippen LogP) is 2.34. The fourth-order valence-electron chi connectivity index (χ4n) is 2.98. The van der Waals surface area contributed by atoms with E-state index >= 15 is 0 Å². The first kappa shape index (κ1) is 16.5. The number of hydrogen-bond donors (Lipinski definition) is 3. The first-order valence-corrected chi connectivity index (χ1v) is 8.08. The van der Waals surface area contributed by atoms with Gasteiger partial charge in [0.15, 0.2) is 0 Å². The van der Waals surface area contributed by atoms with Crippen molar-refractivity contribution < 1.29 is 19.7 Å². The summed E-state index contributed by atoms with van der Waals surface area (Å²) < 4.78 is 5.70. The van der Waals surface area contributed by atoms with Crippen molar-refractivity contribution in [2.75, 3.05) is 6.61 Å². The molecule has 3 atom stereocenters. The number of aliphatic hydroxyl groups is 2. The van der Waals surface area contributed by atoms with Crippen LogP contribution in [0.2, 0.25) is 0 Å². The highest BCUT2D eigenvalue weighted by Gasteiger charge is 2.33. The van der Waals surface area contributed by atoms with Crippen LogP contribution in [0.3, 0.4) is 0 Å². The van der Waals surface area contributed by atoms with Gasteiger partial charge in [0.05, 0.1) is 6.10 Å². The van der Waals surface area contributed by atoms with E-state index in [2.05, 4.69) is 5.32 Å². The number of carbonyl (C=O) groups is 1. The van der Waals surface area contributed by atoms with Crippen LogP contribution in [-0.2, 0) is 0 Å². The highest BCUT2D eigenvalue weighted by Crippen LogP contribution is 2.26. The Hall–Kier alpha value is -2.37. The maximum atomic E-state index is 12.3. The first-order chi connectivity index (χ1) is 11.7. The van der Waals surface area contributed by atoms with Crippen molar-refractivity contribution >= 4 is 5.91 Å².